The van der Waals surface area contributed by atoms with Crippen LogP contribution in [0.5, 0.6) is 0 Å². The van der Waals surface area contributed by atoms with Crippen molar-refractivity contribution in [2.75, 3.05) is 13.1 Å². The van der Waals surface area contributed by atoms with E-state index in [2.05, 4.69) is 41.6 Å². The van der Waals surface area contributed by atoms with Crippen molar-refractivity contribution in [2.24, 2.45) is 0 Å². The molecule has 1 heteroatoms. The van der Waals surface area contributed by atoms with E-state index in [9.17, 15) is 0 Å². The number of rotatable bonds is 7. The maximum Gasteiger partial charge on any atom is 0.00981 e. The Morgan fingerprint density at radius 3 is 2.53 bits per heavy atom. The van der Waals surface area contributed by atoms with E-state index < -0.39 is 0 Å². The molecule has 0 amide bonds. The lowest BCUT2D eigenvalue weighted by Crippen LogP contribution is -2.17. The molecule has 1 rings (SSSR count). The second-order valence-corrected chi connectivity index (χ2v) is 3.65. The molecule has 0 aliphatic heterocycles. The predicted octanol–water partition coefficient (Wildman–Crippen LogP) is 2.62. The molecule has 0 bridgehead atoms. The summed E-state index contributed by atoms with van der Waals surface area (Å²) in [6.07, 6.45) is 9.48. The molecule has 1 nitrogen and oxygen atoms in total. The van der Waals surface area contributed by atoms with Gasteiger partial charge in [0.15, 0.2) is 0 Å². The lowest BCUT2D eigenvalue weighted by Gasteiger charge is -2.03. The van der Waals surface area contributed by atoms with Crippen LogP contribution in [0.25, 0.3) is 0 Å². The molecule has 1 N–H and O–H groups in total. The van der Waals surface area contributed by atoms with Gasteiger partial charge < -0.3 is 5.32 Å². The van der Waals surface area contributed by atoms with Gasteiger partial charge >= 0.3 is 0 Å². The molecule has 0 aliphatic rings. The molecule has 1 aromatic carbocycles. The summed E-state index contributed by atoms with van der Waals surface area (Å²) < 4.78 is 0. The highest BCUT2D eigenvalue weighted by atomic mass is 14.8. The van der Waals surface area contributed by atoms with Crippen LogP contribution in [-0.2, 0) is 6.42 Å². The zero-order valence-electron chi connectivity index (χ0n) is 9.21. The van der Waals surface area contributed by atoms with Crippen LogP contribution >= 0.6 is 0 Å². The monoisotopic (exact) mass is 201 g/mol. The molecular formula is C14H19N. The second kappa shape index (κ2) is 8.08. The first kappa shape index (κ1) is 11.8. The summed E-state index contributed by atoms with van der Waals surface area (Å²) in [4.78, 5) is 0. The van der Waals surface area contributed by atoms with Gasteiger partial charge in [0, 0.05) is 6.42 Å². The molecule has 0 radical (unpaired) electrons. The SMILES string of the molecule is C#CCCCNCCCc1ccccc1. The van der Waals surface area contributed by atoms with E-state index in [0.29, 0.717) is 0 Å². The summed E-state index contributed by atoms with van der Waals surface area (Å²) in [7, 11) is 0. The number of benzene rings is 1. The van der Waals surface area contributed by atoms with E-state index in [4.69, 9.17) is 6.42 Å². The van der Waals surface area contributed by atoms with Crippen LogP contribution in [-0.4, -0.2) is 13.1 Å². The maximum atomic E-state index is 5.17. The molecule has 0 aromatic heterocycles. The molecule has 0 atom stereocenters. The van der Waals surface area contributed by atoms with Gasteiger partial charge in [0.25, 0.3) is 0 Å². The van der Waals surface area contributed by atoms with Crippen LogP contribution in [0, 0.1) is 12.3 Å². The lowest BCUT2D eigenvalue weighted by atomic mass is 10.1. The van der Waals surface area contributed by atoms with Gasteiger partial charge in [-0.05, 0) is 37.9 Å². The fraction of sp³-hybridized carbons (Fsp3) is 0.429. The van der Waals surface area contributed by atoms with Crippen molar-refractivity contribution in [3.63, 3.8) is 0 Å². The average Bonchev–Trinajstić information content (AvgIpc) is 2.29. The number of terminal acetylenes is 1. The van der Waals surface area contributed by atoms with Gasteiger partial charge in [0.1, 0.15) is 0 Å². The molecule has 0 spiro atoms. The van der Waals surface area contributed by atoms with Crippen molar-refractivity contribution in [1.82, 2.24) is 5.32 Å². The normalized spacial score (nSPS) is 9.80. The third kappa shape index (κ3) is 5.93. The molecule has 0 saturated carbocycles. The molecule has 1 aromatic rings. The Hall–Kier alpha value is -1.26. The van der Waals surface area contributed by atoms with Crippen molar-refractivity contribution in [1.29, 1.82) is 0 Å². The van der Waals surface area contributed by atoms with Gasteiger partial charge in [-0.2, -0.15) is 0 Å². The minimum atomic E-state index is 0.881. The van der Waals surface area contributed by atoms with E-state index in [1.54, 1.807) is 0 Å². The predicted molar refractivity (Wildman–Crippen MR) is 65.7 cm³/mol. The van der Waals surface area contributed by atoms with Crippen molar-refractivity contribution < 1.29 is 0 Å². The Labute approximate surface area is 92.9 Å². The standard InChI is InChI=1S/C14H19N/c1-2-3-7-12-15-13-8-11-14-9-5-4-6-10-14/h1,4-6,9-10,15H,3,7-8,11-13H2. The van der Waals surface area contributed by atoms with Crippen LogP contribution in [0.2, 0.25) is 0 Å². The average molecular weight is 201 g/mol. The number of hydrogen-bond donors (Lipinski definition) is 1. The maximum absolute atomic E-state index is 5.17. The van der Waals surface area contributed by atoms with E-state index in [1.807, 2.05) is 0 Å². The molecule has 0 unspecified atom stereocenters. The van der Waals surface area contributed by atoms with E-state index in [1.165, 1.54) is 12.0 Å². The zero-order valence-corrected chi connectivity index (χ0v) is 9.21. The van der Waals surface area contributed by atoms with Gasteiger partial charge in [0.2, 0.25) is 0 Å². The first-order valence-corrected chi connectivity index (χ1v) is 5.61. The summed E-state index contributed by atoms with van der Waals surface area (Å²) in [6, 6.07) is 10.6. The Morgan fingerprint density at radius 1 is 1.07 bits per heavy atom. The lowest BCUT2D eigenvalue weighted by molar-refractivity contribution is 0.629. The fourth-order valence-corrected chi connectivity index (χ4v) is 1.50. The van der Waals surface area contributed by atoms with E-state index in [0.717, 1.165) is 32.4 Å². The summed E-state index contributed by atoms with van der Waals surface area (Å²) in [5.74, 6) is 2.64. The highest BCUT2D eigenvalue weighted by Gasteiger charge is 1.91. The van der Waals surface area contributed by atoms with Gasteiger partial charge in [0.05, 0.1) is 0 Å². The highest BCUT2D eigenvalue weighted by Crippen LogP contribution is 2.01. The Bertz CT molecular complexity index is 284. The molecule has 0 saturated heterocycles. The highest BCUT2D eigenvalue weighted by molar-refractivity contribution is 5.14. The summed E-state index contributed by atoms with van der Waals surface area (Å²) in [6.45, 7) is 2.12. The van der Waals surface area contributed by atoms with Crippen LogP contribution in [0.3, 0.4) is 0 Å². The number of unbranched alkanes of at least 4 members (excludes halogenated alkanes) is 1. The zero-order chi connectivity index (χ0) is 10.8. The molecule has 80 valence electrons. The first-order chi connectivity index (χ1) is 7.43. The van der Waals surface area contributed by atoms with Crippen molar-refractivity contribution >= 4 is 0 Å². The van der Waals surface area contributed by atoms with E-state index >= 15 is 0 Å². The number of nitrogens with one attached hydrogen (secondary N) is 1. The quantitative estimate of drug-likeness (QED) is 0.528. The van der Waals surface area contributed by atoms with Gasteiger partial charge in [-0.15, -0.1) is 12.3 Å². The van der Waals surface area contributed by atoms with Crippen LogP contribution in [0.1, 0.15) is 24.8 Å². The van der Waals surface area contributed by atoms with Gasteiger partial charge in [-0.1, -0.05) is 30.3 Å². The minimum absolute atomic E-state index is 0.881. The smallest absolute Gasteiger partial charge is 0.00981 e. The summed E-state index contributed by atoms with van der Waals surface area (Å²) >= 11 is 0. The largest absolute Gasteiger partial charge is 0.317 e. The van der Waals surface area contributed by atoms with Crippen LogP contribution < -0.4 is 5.32 Å². The Morgan fingerprint density at radius 2 is 1.80 bits per heavy atom. The Kier molecular flexibility index (Phi) is 6.36. The molecule has 0 heterocycles. The third-order valence-corrected chi connectivity index (χ3v) is 2.34. The molecular weight excluding hydrogens is 182 g/mol. The number of aryl methyl sites for hydroxylation is 1. The van der Waals surface area contributed by atoms with E-state index in [-0.39, 0.29) is 0 Å². The number of hydrogen-bond acceptors (Lipinski definition) is 1. The topological polar surface area (TPSA) is 12.0 Å². The van der Waals surface area contributed by atoms with Crippen molar-refractivity contribution in [3.8, 4) is 12.3 Å². The van der Waals surface area contributed by atoms with Crippen molar-refractivity contribution in [3.05, 3.63) is 35.9 Å². The molecule has 0 fully saturated rings. The van der Waals surface area contributed by atoms with Gasteiger partial charge in [-0.25, -0.2) is 0 Å². The minimum Gasteiger partial charge on any atom is -0.317 e. The molecule has 0 aliphatic carbocycles. The van der Waals surface area contributed by atoms with Gasteiger partial charge in [-0.3, -0.25) is 0 Å². The first-order valence-electron chi connectivity index (χ1n) is 5.61. The summed E-state index contributed by atoms with van der Waals surface area (Å²) in [5, 5.41) is 3.39. The molecule has 15 heavy (non-hydrogen) atoms. The summed E-state index contributed by atoms with van der Waals surface area (Å²) in [5.41, 5.74) is 1.42. The van der Waals surface area contributed by atoms with Crippen LogP contribution in [0.4, 0.5) is 0 Å². The fourth-order valence-electron chi connectivity index (χ4n) is 1.50. The van der Waals surface area contributed by atoms with Crippen molar-refractivity contribution in [2.45, 2.75) is 25.7 Å². The third-order valence-electron chi connectivity index (χ3n) is 2.34. The Balaban J connectivity index is 1.96. The van der Waals surface area contributed by atoms with Crippen LogP contribution in [0.15, 0.2) is 30.3 Å². The second-order valence-electron chi connectivity index (χ2n) is 3.65.